The Morgan fingerprint density at radius 2 is 2.20 bits per heavy atom. The van der Waals surface area contributed by atoms with Gasteiger partial charge in [0.05, 0.1) is 18.8 Å². The summed E-state index contributed by atoms with van der Waals surface area (Å²) in [4.78, 5) is 9.40. The SMILES string of the molecule is C/N=N\C(=C/NCCN(C)c1ccc(C#Cc2cc3c([nH]2)=NCC(F)C=3)cc1)CO. The number of hydrogen-bond acceptors (Lipinski definition) is 6. The van der Waals surface area contributed by atoms with Crippen molar-refractivity contribution in [2.24, 2.45) is 15.2 Å². The normalized spacial score (nSPS) is 15.6. The van der Waals surface area contributed by atoms with Gasteiger partial charge in [0.15, 0.2) is 0 Å². The third-order valence-corrected chi connectivity index (χ3v) is 4.51. The van der Waals surface area contributed by atoms with Gasteiger partial charge in [-0.2, -0.15) is 10.2 Å². The Kier molecular flexibility index (Phi) is 7.35. The third-order valence-electron chi connectivity index (χ3n) is 4.51. The van der Waals surface area contributed by atoms with Crippen LogP contribution < -0.4 is 20.9 Å². The monoisotopic (exact) mass is 408 g/mol. The van der Waals surface area contributed by atoms with Crippen molar-refractivity contribution in [1.29, 1.82) is 0 Å². The lowest BCUT2D eigenvalue weighted by Gasteiger charge is -2.19. The summed E-state index contributed by atoms with van der Waals surface area (Å²) in [5.74, 6) is 6.19. The lowest BCUT2D eigenvalue weighted by atomic mass is 10.2. The number of likely N-dealkylation sites (N-methyl/N-ethyl adjacent to an activating group) is 1. The zero-order chi connectivity index (χ0) is 21.3. The van der Waals surface area contributed by atoms with Crippen molar-refractivity contribution in [3.63, 3.8) is 0 Å². The minimum atomic E-state index is -1.02. The molecule has 0 bridgehead atoms. The van der Waals surface area contributed by atoms with Gasteiger partial charge in [-0.05, 0) is 42.3 Å². The van der Waals surface area contributed by atoms with Gasteiger partial charge in [0, 0.05) is 49.9 Å². The van der Waals surface area contributed by atoms with Crippen molar-refractivity contribution in [3.8, 4) is 11.8 Å². The molecule has 3 N–H and O–H groups in total. The van der Waals surface area contributed by atoms with Gasteiger partial charge in [-0.25, -0.2) is 4.39 Å². The van der Waals surface area contributed by atoms with Crippen LogP contribution >= 0.6 is 0 Å². The number of H-pyrrole nitrogens is 1. The standard InChI is InChI=1S/C22H25FN6O/c1-24-28-20(15-30)14-25-9-10-29(2)21-7-4-16(5-8-21)3-6-19-12-17-11-18(23)13-26-22(17)27-19/h4-5,7-8,11-12,14,18,25,30H,9-10,13,15H2,1-2H3,(H,26,27)/b20-14-,28-24-. The van der Waals surface area contributed by atoms with Gasteiger partial charge in [-0.15, -0.1) is 0 Å². The number of nitrogens with one attached hydrogen (secondary N) is 2. The summed E-state index contributed by atoms with van der Waals surface area (Å²) in [6.45, 7) is 1.47. The molecule has 0 saturated heterocycles. The number of hydrogen-bond donors (Lipinski definition) is 3. The first-order valence-electron chi connectivity index (χ1n) is 9.65. The fourth-order valence-electron chi connectivity index (χ4n) is 2.94. The number of aliphatic hydroxyl groups is 1. The average Bonchev–Trinajstić information content (AvgIpc) is 3.16. The molecule has 0 aliphatic carbocycles. The molecular formula is C22H25FN6O. The summed E-state index contributed by atoms with van der Waals surface area (Å²) >= 11 is 0. The number of halogens is 1. The Labute approximate surface area is 174 Å². The largest absolute Gasteiger partial charge is 0.390 e. The Hall–Kier alpha value is -3.44. The number of rotatable bonds is 7. The first-order chi connectivity index (χ1) is 14.6. The van der Waals surface area contributed by atoms with Crippen LogP contribution in [0.3, 0.4) is 0 Å². The van der Waals surface area contributed by atoms with Crippen molar-refractivity contribution in [2.75, 3.05) is 45.2 Å². The molecule has 0 fully saturated rings. The van der Waals surface area contributed by atoms with E-state index in [-0.39, 0.29) is 13.2 Å². The summed E-state index contributed by atoms with van der Waals surface area (Å²) < 4.78 is 13.4. The smallest absolute Gasteiger partial charge is 0.139 e. The topological polar surface area (TPSA) is 88.4 Å². The maximum absolute atomic E-state index is 13.4. The highest BCUT2D eigenvalue weighted by Gasteiger charge is 2.07. The van der Waals surface area contributed by atoms with E-state index in [0.29, 0.717) is 17.7 Å². The highest BCUT2D eigenvalue weighted by Crippen LogP contribution is 2.13. The number of anilines is 1. The Balaban J connectivity index is 1.57. The van der Waals surface area contributed by atoms with E-state index in [1.54, 1.807) is 19.3 Å². The first-order valence-corrected chi connectivity index (χ1v) is 9.65. The van der Waals surface area contributed by atoms with Crippen LogP contribution in [0.15, 0.2) is 57.4 Å². The lowest BCUT2D eigenvalue weighted by Crippen LogP contribution is -2.30. The molecular weight excluding hydrogens is 383 g/mol. The highest BCUT2D eigenvalue weighted by atomic mass is 19.1. The van der Waals surface area contributed by atoms with Gasteiger partial charge >= 0.3 is 0 Å². The quantitative estimate of drug-likeness (QED) is 0.364. The van der Waals surface area contributed by atoms with Crippen LogP contribution in [-0.4, -0.2) is 56.6 Å². The molecule has 0 amide bonds. The average molecular weight is 408 g/mol. The molecule has 1 unspecified atom stereocenters. The van der Waals surface area contributed by atoms with Crippen LogP contribution in [0.1, 0.15) is 11.3 Å². The van der Waals surface area contributed by atoms with E-state index in [9.17, 15) is 4.39 Å². The number of fused-ring (bicyclic) bond motifs is 1. The molecule has 2 heterocycles. The molecule has 7 nitrogen and oxygen atoms in total. The van der Waals surface area contributed by atoms with Gasteiger partial charge in [-0.1, -0.05) is 5.92 Å². The van der Waals surface area contributed by atoms with Crippen molar-refractivity contribution in [3.05, 3.63) is 64.2 Å². The van der Waals surface area contributed by atoms with E-state index in [1.165, 1.54) is 0 Å². The summed E-state index contributed by atoms with van der Waals surface area (Å²) in [6, 6.07) is 9.79. The van der Waals surface area contributed by atoms with Gasteiger partial charge in [0.2, 0.25) is 0 Å². The summed E-state index contributed by atoms with van der Waals surface area (Å²) in [5.41, 5.74) is 3.86. The van der Waals surface area contributed by atoms with Gasteiger partial charge in [0.25, 0.3) is 0 Å². The second kappa shape index (κ2) is 10.4. The summed E-state index contributed by atoms with van der Waals surface area (Å²) in [6.07, 6.45) is 2.21. The lowest BCUT2D eigenvalue weighted by molar-refractivity contribution is 0.327. The number of aromatic nitrogens is 1. The van der Waals surface area contributed by atoms with E-state index in [0.717, 1.165) is 28.7 Å². The number of azo groups is 1. The van der Waals surface area contributed by atoms with E-state index in [1.807, 2.05) is 37.4 Å². The molecule has 8 heteroatoms. The molecule has 1 aromatic carbocycles. The maximum Gasteiger partial charge on any atom is 0.139 e. The minimum Gasteiger partial charge on any atom is -0.390 e. The van der Waals surface area contributed by atoms with Crippen LogP contribution in [0.2, 0.25) is 0 Å². The van der Waals surface area contributed by atoms with Crippen molar-refractivity contribution < 1.29 is 9.50 Å². The molecule has 1 atom stereocenters. The second-order valence-electron chi connectivity index (χ2n) is 6.78. The fraction of sp³-hybridized carbons (Fsp3) is 0.318. The molecule has 0 radical (unpaired) electrons. The minimum absolute atomic E-state index is 0.156. The molecule has 0 spiro atoms. The van der Waals surface area contributed by atoms with E-state index in [2.05, 4.69) is 42.3 Å². The second-order valence-corrected chi connectivity index (χ2v) is 6.78. The molecule has 1 aliphatic heterocycles. The zero-order valence-electron chi connectivity index (χ0n) is 17.1. The highest BCUT2D eigenvalue weighted by molar-refractivity contribution is 5.51. The zero-order valence-corrected chi connectivity index (χ0v) is 17.1. The van der Waals surface area contributed by atoms with Crippen LogP contribution in [0.4, 0.5) is 10.1 Å². The molecule has 30 heavy (non-hydrogen) atoms. The van der Waals surface area contributed by atoms with Crippen LogP contribution in [0.25, 0.3) is 6.08 Å². The third kappa shape index (κ3) is 5.78. The van der Waals surface area contributed by atoms with E-state index < -0.39 is 6.17 Å². The summed E-state index contributed by atoms with van der Waals surface area (Å²) in [5, 5.41) is 20.5. The van der Waals surface area contributed by atoms with Crippen molar-refractivity contribution in [1.82, 2.24) is 10.3 Å². The predicted molar refractivity (Wildman–Crippen MR) is 115 cm³/mol. The fourth-order valence-corrected chi connectivity index (χ4v) is 2.94. The molecule has 1 aromatic heterocycles. The number of aliphatic hydroxyl groups excluding tert-OH is 1. The number of alkyl halides is 1. The summed E-state index contributed by atoms with van der Waals surface area (Å²) in [7, 11) is 3.57. The van der Waals surface area contributed by atoms with Crippen LogP contribution in [0.5, 0.6) is 0 Å². The van der Waals surface area contributed by atoms with Crippen molar-refractivity contribution in [2.45, 2.75) is 6.17 Å². The number of benzene rings is 1. The Bertz CT molecular complexity index is 1090. The molecule has 156 valence electrons. The molecule has 2 aromatic rings. The van der Waals surface area contributed by atoms with Gasteiger partial charge < -0.3 is 20.3 Å². The van der Waals surface area contributed by atoms with Gasteiger partial charge in [0.1, 0.15) is 17.4 Å². The van der Waals surface area contributed by atoms with Gasteiger partial charge in [-0.3, -0.25) is 4.99 Å². The molecule has 0 saturated carbocycles. The number of nitrogens with zero attached hydrogens (tertiary/aromatic N) is 4. The van der Waals surface area contributed by atoms with E-state index in [4.69, 9.17) is 5.11 Å². The number of aromatic amines is 1. The predicted octanol–water partition coefficient (Wildman–Crippen LogP) is 1.11. The molecule has 1 aliphatic rings. The Morgan fingerprint density at radius 3 is 2.93 bits per heavy atom. The maximum atomic E-state index is 13.4. The Morgan fingerprint density at radius 1 is 1.40 bits per heavy atom. The molecule has 3 rings (SSSR count). The van der Waals surface area contributed by atoms with Crippen molar-refractivity contribution >= 4 is 11.8 Å². The van der Waals surface area contributed by atoms with E-state index >= 15 is 0 Å². The van der Waals surface area contributed by atoms with Crippen LogP contribution in [0, 0.1) is 11.8 Å². The van der Waals surface area contributed by atoms with Crippen LogP contribution in [-0.2, 0) is 0 Å². The first kappa shape index (κ1) is 21.3.